The van der Waals surface area contributed by atoms with Gasteiger partial charge >= 0.3 is 0 Å². The summed E-state index contributed by atoms with van der Waals surface area (Å²) in [6, 6.07) is 9.18. The van der Waals surface area contributed by atoms with E-state index in [0.29, 0.717) is 42.0 Å². The second-order valence-electron chi connectivity index (χ2n) is 7.94. The highest BCUT2D eigenvalue weighted by Crippen LogP contribution is 2.27. The SMILES string of the molecule is Cc1c(C(=O)N2CCOC(c3cc(C(=O)N(C)CCO)c4ccccc4n3)C2)cnn1C. The normalized spacial score (nSPS) is 16.4. The van der Waals surface area contributed by atoms with Crippen LogP contribution in [-0.2, 0) is 11.8 Å². The van der Waals surface area contributed by atoms with Crippen LogP contribution in [-0.4, -0.2) is 81.4 Å². The van der Waals surface area contributed by atoms with Crippen LogP contribution in [0.5, 0.6) is 0 Å². The molecule has 3 heterocycles. The van der Waals surface area contributed by atoms with Gasteiger partial charge in [0.05, 0.1) is 48.3 Å². The molecule has 0 radical (unpaired) electrons. The van der Waals surface area contributed by atoms with Gasteiger partial charge in [0.1, 0.15) is 6.10 Å². The van der Waals surface area contributed by atoms with Crippen LogP contribution in [0.2, 0.25) is 0 Å². The van der Waals surface area contributed by atoms with Crippen molar-refractivity contribution in [3.63, 3.8) is 0 Å². The van der Waals surface area contributed by atoms with Crippen LogP contribution in [0, 0.1) is 6.92 Å². The van der Waals surface area contributed by atoms with E-state index in [0.717, 1.165) is 11.1 Å². The summed E-state index contributed by atoms with van der Waals surface area (Å²) in [5.41, 5.74) is 3.16. The van der Waals surface area contributed by atoms with E-state index in [1.807, 2.05) is 31.2 Å². The average Bonchev–Trinajstić information content (AvgIpc) is 3.15. The summed E-state index contributed by atoms with van der Waals surface area (Å²) in [7, 11) is 3.46. The van der Waals surface area contributed by atoms with Crippen LogP contribution in [0.15, 0.2) is 36.5 Å². The second kappa shape index (κ2) is 9.05. The second-order valence-corrected chi connectivity index (χ2v) is 7.94. The quantitative estimate of drug-likeness (QED) is 0.650. The molecular weight excluding hydrogens is 410 g/mol. The first-order valence-electron chi connectivity index (χ1n) is 10.6. The molecule has 1 atom stereocenters. The van der Waals surface area contributed by atoms with E-state index in [9.17, 15) is 14.7 Å². The predicted octanol–water partition coefficient (Wildman–Crippen LogP) is 1.55. The van der Waals surface area contributed by atoms with Crippen LogP contribution in [0.3, 0.4) is 0 Å². The van der Waals surface area contributed by atoms with Crippen molar-refractivity contribution in [3.8, 4) is 0 Å². The van der Waals surface area contributed by atoms with Crippen molar-refractivity contribution >= 4 is 22.7 Å². The van der Waals surface area contributed by atoms with E-state index >= 15 is 0 Å². The number of morpholine rings is 1. The molecule has 1 N–H and O–H groups in total. The lowest BCUT2D eigenvalue weighted by Crippen LogP contribution is -2.42. The molecule has 0 saturated carbocycles. The van der Waals surface area contributed by atoms with Crippen LogP contribution in [0.25, 0.3) is 10.9 Å². The number of carbonyl (C=O) groups excluding carboxylic acids is 2. The Balaban J connectivity index is 1.66. The van der Waals surface area contributed by atoms with Gasteiger partial charge in [-0.25, -0.2) is 4.98 Å². The molecular formula is C23H27N5O4. The molecule has 9 nitrogen and oxygen atoms in total. The molecule has 1 aliphatic heterocycles. The minimum absolute atomic E-state index is 0.0938. The topological polar surface area (TPSA) is 101 Å². The third-order valence-electron chi connectivity index (χ3n) is 5.90. The number of pyridine rings is 1. The molecule has 1 aromatic carbocycles. The van der Waals surface area contributed by atoms with Crippen molar-refractivity contribution in [2.75, 3.05) is 39.9 Å². The Morgan fingerprint density at radius 1 is 1.28 bits per heavy atom. The molecule has 0 spiro atoms. The number of aromatic nitrogens is 3. The van der Waals surface area contributed by atoms with Crippen LogP contribution >= 0.6 is 0 Å². The summed E-state index contributed by atoms with van der Waals surface area (Å²) in [4.78, 5) is 34.1. The smallest absolute Gasteiger partial charge is 0.257 e. The van der Waals surface area contributed by atoms with Gasteiger partial charge in [-0.3, -0.25) is 14.3 Å². The van der Waals surface area contributed by atoms with Gasteiger partial charge in [-0.05, 0) is 19.1 Å². The monoisotopic (exact) mass is 437 g/mol. The van der Waals surface area contributed by atoms with Crippen molar-refractivity contribution < 1.29 is 19.4 Å². The zero-order valence-electron chi connectivity index (χ0n) is 18.5. The molecule has 3 aromatic rings. The van der Waals surface area contributed by atoms with Gasteiger partial charge in [-0.2, -0.15) is 5.10 Å². The number of amides is 2. The maximum atomic E-state index is 13.1. The summed E-state index contributed by atoms with van der Waals surface area (Å²) in [5, 5.41) is 14.1. The lowest BCUT2D eigenvalue weighted by Gasteiger charge is -2.33. The number of nitrogens with zero attached hydrogens (tertiary/aromatic N) is 5. The van der Waals surface area contributed by atoms with E-state index < -0.39 is 6.10 Å². The van der Waals surface area contributed by atoms with E-state index in [2.05, 4.69) is 5.10 Å². The van der Waals surface area contributed by atoms with Gasteiger partial charge in [-0.1, -0.05) is 18.2 Å². The Kier molecular flexibility index (Phi) is 6.20. The first kappa shape index (κ1) is 21.9. The van der Waals surface area contributed by atoms with Crippen molar-refractivity contribution in [2.45, 2.75) is 13.0 Å². The number of para-hydroxylation sites is 1. The summed E-state index contributed by atoms with van der Waals surface area (Å²) >= 11 is 0. The number of ether oxygens (including phenoxy) is 1. The Morgan fingerprint density at radius 3 is 2.78 bits per heavy atom. The molecule has 0 bridgehead atoms. The van der Waals surface area contributed by atoms with Gasteiger partial charge in [0.15, 0.2) is 0 Å². The Labute approximate surface area is 186 Å². The van der Waals surface area contributed by atoms with Crippen molar-refractivity contribution in [2.24, 2.45) is 7.05 Å². The molecule has 2 aromatic heterocycles. The molecule has 1 fully saturated rings. The van der Waals surface area contributed by atoms with Gasteiger partial charge < -0.3 is 19.6 Å². The summed E-state index contributed by atoms with van der Waals surface area (Å²) in [6.45, 7) is 3.16. The minimum atomic E-state index is -0.455. The molecule has 0 aliphatic carbocycles. The molecule has 9 heteroatoms. The third-order valence-corrected chi connectivity index (χ3v) is 5.90. The largest absolute Gasteiger partial charge is 0.395 e. The van der Waals surface area contributed by atoms with E-state index in [1.54, 1.807) is 35.9 Å². The highest BCUT2D eigenvalue weighted by atomic mass is 16.5. The maximum absolute atomic E-state index is 13.1. The average molecular weight is 438 g/mol. The van der Waals surface area contributed by atoms with Crippen LogP contribution < -0.4 is 0 Å². The van der Waals surface area contributed by atoms with E-state index in [1.165, 1.54) is 4.90 Å². The summed E-state index contributed by atoms with van der Waals surface area (Å²) in [5.74, 6) is -0.294. The number of carbonyl (C=O) groups is 2. The third kappa shape index (κ3) is 4.09. The first-order valence-corrected chi connectivity index (χ1v) is 10.6. The van der Waals surface area contributed by atoms with E-state index in [4.69, 9.17) is 9.72 Å². The fourth-order valence-electron chi connectivity index (χ4n) is 3.89. The fourth-order valence-corrected chi connectivity index (χ4v) is 3.89. The minimum Gasteiger partial charge on any atom is -0.395 e. The highest BCUT2D eigenvalue weighted by molar-refractivity contribution is 6.06. The van der Waals surface area contributed by atoms with E-state index in [-0.39, 0.29) is 25.0 Å². The number of fused-ring (bicyclic) bond motifs is 1. The lowest BCUT2D eigenvalue weighted by atomic mass is 10.0. The van der Waals surface area contributed by atoms with Gasteiger partial charge in [0, 0.05) is 38.3 Å². The zero-order valence-corrected chi connectivity index (χ0v) is 18.5. The highest BCUT2D eigenvalue weighted by Gasteiger charge is 2.30. The number of hydrogen-bond donors (Lipinski definition) is 1. The van der Waals surface area contributed by atoms with Gasteiger partial charge in [0.2, 0.25) is 0 Å². The molecule has 1 unspecified atom stereocenters. The molecule has 1 aliphatic rings. The number of hydrogen-bond acceptors (Lipinski definition) is 6. The molecule has 4 rings (SSSR count). The zero-order chi connectivity index (χ0) is 22.8. The molecule has 1 saturated heterocycles. The van der Waals surface area contributed by atoms with Crippen LogP contribution in [0.1, 0.15) is 38.2 Å². The summed E-state index contributed by atoms with van der Waals surface area (Å²) in [6.07, 6.45) is 1.13. The fraction of sp³-hybridized carbons (Fsp3) is 0.391. The van der Waals surface area contributed by atoms with Crippen LogP contribution in [0.4, 0.5) is 0 Å². The van der Waals surface area contributed by atoms with Crippen molar-refractivity contribution in [3.05, 3.63) is 59.0 Å². The number of benzene rings is 1. The Morgan fingerprint density at radius 2 is 2.06 bits per heavy atom. The lowest BCUT2D eigenvalue weighted by molar-refractivity contribution is -0.0246. The van der Waals surface area contributed by atoms with Crippen molar-refractivity contribution in [1.82, 2.24) is 24.6 Å². The van der Waals surface area contributed by atoms with Gasteiger partial charge in [0.25, 0.3) is 11.8 Å². The summed E-state index contributed by atoms with van der Waals surface area (Å²) < 4.78 is 7.64. The molecule has 2 amide bonds. The predicted molar refractivity (Wildman–Crippen MR) is 118 cm³/mol. The first-order chi connectivity index (χ1) is 15.4. The molecule has 168 valence electrons. The number of likely N-dealkylation sites (N-methyl/N-ethyl adjacent to an activating group) is 1. The van der Waals surface area contributed by atoms with Gasteiger partial charge in [-0.15, -0.1) is 0 Å². The standard InChI is InChI=1S/C23H27N5O4/c1-15-18(13-24-27(15)3)23(31)28-9-11-32-21(14-28)20-12-17(22(30)26(2)8-10-29)16-6-4-5-7-19(16)25-20/h4-7,12-13,21,29H,8-11,14H2,1-3H3. The number of aliphatic hydroxyl groups is 1. The van der Waals surface area contributed by atoms with Crippen molar-refractivity contribution in [1.29, 1.82) is 0 Å². The Hall–Kier alpha value is -3.30. The number of aryl methyl sites for hydroxylation is 1. The maximum Gasteiger partial charge on any atom is 0.257 e. The Bertz CT molecular complexity index is 1160. The number of rotatable bonds is 5. The molecule has 32 heavy (non-hydrogen) atoms. The number of aliphatic hydroxyl groups excluding tert-OH is 1.